The Morgan fingerprint density at radius 2 is 2.47 bits per heavy atom. The molecule has 1 atom stereocenters. The van der Waals surface area contributed by atoms with Gasteiger partial charge in [0.1, 0.15) is 11.8 Å². The number of esters is 1. The first-order valence-corrected chi connectivity index (χ1v) is 6.33. The SMILES string of the molecule is COC(=O)C(C)CSCc1ccnc(C#N)c1. The number of rotatable bonds is 5. The normalized spacial score (nSPS) is 11.6. The molecule has 0 bridgehead atoms. The van der Waals surface area contributed by atoms with Gasteiger partial charge in [-0.05, 0) is 17.7 Å². The summed E-state index contributed by atoms with van der Waals surface area (Å²) in [4.78, 5) is 15.1. The lowest BCUT2D eigenvalue weighted by Crippen LogP contribution is -2.14. The van der Waals surface area contributed by atoms with Gasteiger partial charge in [-0.15, -0.1) is 0 Å². The van der Waals surface area contributed by atoms with Crippen LogP contribution in [0.4, 0.5) is 0 Å². The third-order valence-corrected chi connectivity index (χ3v) is 3.45. The molecule has 0 amide bonds. The lowest BCUT2D eigenvalue weighted by atomic mass is 10.2. The first-order valence-electron chi connectivity index (χ1n) is 5.18. The minimum absolute atomic E-state index is 0.109. The van der Waals surface area contributed by atoms with Crippen LogP contribution < -0.4 is 0 Å². The highest BCUT2D eigenvalue weighted by Gasteiger charge is 2.12. The molecule has 0 fully saturated rings. The Morgan fingerprint density at radius 3 is 3.12 bits per heavy atom. The Hall–Kier alpha value is -1.54. The van der Waals surface area contributed by atoms with Gasteiger partial charge >= 0.3 is 5.97 Å². The third-order valence-electron chi connectivity index (χ3n) is 2.18. The van der Waals surface area contributed by atoms with E-state index in [1.54, 1.807) is 24.0 Å². The number of carbonyl (C=O) groups excluding carboxylic acids is 1. The van der Waals surface area contributed by atoms with E-state index in [0.29, 0.717) is 11.4 Å². The molecular formula is C12H14N2O2S. The molecule has 5 heteroatoms. The highest BCUT2D eigenvalue weighted by Crippen LogP contribution is 2.16. The molecule has 0 aliphatic heterocycles. The van der Waals surface area contributed by atoms with Gasteiger partial charge in [-0.1, -0.05) is 6.92 Å². The van der Waals surface area contributed by atoms with Gasteiger partial charge in [0, 0.05) is 17.7 Å². The van der Waals surface area contributed by atoms with Crippen molar-refractivity contribution in [3.05, 3.63) is 29.6 Å². The molecule has 4 nitrogen and oxygen atoms in total. The molecule has 0 spiro atoms. The summed E-state index contributed by atoms with van der Waals surface area (Å²) in [6.45, 7) is 1.84. The Balaban J connectivity index is 2.41. The zero-order valence-corrected chi connectivity index (χ0v) is 10.7. The maximum Gasteiger partial charge on any atom is 0.309 e. The van der Waals surface area contributed by atoms with Crippen LogP contribution >= 0.6 is 11.8 Å². The van der Waals surface area contributed by atoms with Crippen LogP contribution in [0, 0.1) is 17.2 Å². The predicted octanol–water partition coefficient (Wildman–Crippen LogP) is 2.00. The second-order valence-electron chi connectivity index (χ2n) is 3.60. The molecule has 0 N–H and O–H groups in total. The van der Waals surface area contributed by atoms with Crippen molar-refractivity contribution >= 4 is 17.7 Å². The van der Waals surface area contributed by atoms with Gasteiger partial charge < -0.3 is 4.74 Å². The maximum atomic E-state index is 11.2. The van der Waals surface area contributed by atoms with E-state index in [4.69, 9.17) is 5.26 Å². The van der Waals surface area contributed by atoms with Crippen LogP contribution in [0.5, 0.6) is 0 Å². The van der Waals surface area contributed by atoms with Crippen molar-refractivity contribution in [3.8, 4) is 6.07 Å². The molecule has 1 aromatic heterocycles. The third kappa shape index (κ3) is 4.45. The number of methoxy groups -OCH3 is 1. The number of nitrogens with zero attached hydrogens (tertiary/aromatic N) is 2. The van der Waals surface area contributed by atoms with E-state index in [-0.39, 0.29) is 11.9 Å². The number of carbonyl (C=O) groups is 1. The predicted molar refractivity (Wildman–Crippen MR) is 66.3 cm³/mol. The standard InChI is InChI=1S/C12H14N2O2S/c1-9(12(15)16-2)7-17-8-10-3-4-14-11(5-10)6-13/h3-5,9H,7-8H2,1-2H3. The lowest BCUT2D eigenvalue weighted by Gasteiger charge is -2.08. The van der Waals surface area contributed by atoms with Gasteiger partial charge in [0.2, 0.25) is 0 Å². The number of thioether (sulfide) groups is 1. The summed E-state index contributed by atoms with van der Waals surface area (Å²) in [5.74, 6) is 1.17. The molecule has 1 aromatic rings. The van der Waals surface area contributed by atoms with Crippen LogP contribution in [0.1, 0.15) is 18.2 Å². The van der Waals surface area contributed by atoms with Crippen molar-refractivity contribution < 1.29 is 9.53 Å². The van der Waals surface area contributed by atoms with Gasteiger partial charge in [-0.25, -0.2) is 4.98 Å². The van der Waals surface area contributed by atoms with Crippen LogP contribution in [0.3, 0.4) is 0 Å². The Morgan fingerprint density at radius 1 is 1.71 bits per heavy atom. The van der Waals surface area contributed by atoms with Crippen molar-refractivity contribution in [1.82, 2.24) is 4.98 Å². The molecular weight excluding hydrogens is 236 g/mol. The van der Waals surface area contributed by atoms with Crippen LogP contribution in [-0.2, 0) is 15.3 Å². The first-order chi connectivity index (χ1) is 8.17. The molecule has 1 unspecified atom stereocenters. The van der Waals surface area contributed by atoms with Crippen molar-refractivity contribution in [3.63, 3.8) is 0 Å². The zero-order chi connectivity index (χ0) is 12.7. The van der Waals surface area contributed by atoms with Crippen LogP contribution in [0.15, 0.2) is 18.3 Å². The molecule has 17 heavy (non-hydrogen) atoms. The number of ether oxygens (including phenoxy) is 1. The minimum Gasteiger partial charge on any atom is -0.469 e. The molecule has 0 saturated carbocycles. The zero-order valence-electron chi connectivity index (χ0n) is 9.84. The summed E-state index contributed by atoms with van der Waals surface area (Å²) < 4.78 is 4.65. The molecule has 0 aliphatic rings. The second kappa shape index (κ2) is 6.92. The van der Waals surface area contributed by atoms with Crippen molar-refractivity contribution in [1.29, 1.82) is 5.26 Å². The van der Waals surface area contributed by atoms with Crippen LogP contribution in [-0.4, -0.2) is 23.8 Å². The van der Waals surface area contributed by atoms with Crippen LogP contribution in [0.2, 0.25) is 0 Å². The highest BCUT2D eigenvalue weighted by atomic mass is 32.2. The Kier molecular flexibility index (Phi) is 5.50. The number of nitriles is 1. The van der Waals surface area contributed by atoms with Crippen molar-refractivity contribution in [2.75, 3.05) is 12.9 Å². The van der Waals surface area contributed by atoms with Crippen LogP contribution in [0.25, 0.3) is 0 Å². The number of aromatic nitrogens is 1. The first kappa shape index (κ1) is 13.5. The molecule has 90 valence electrons. The summed E-state index contributed by atoms with van der Waals surface area (Å²) >= 11 is 1.64. The summed E-state index contributed by atoms with van der Waals surface area (Å²) in [7, 11) is 1.39. The van der Waals surface area contributed by atoms with Gasteiger partial charge in [-0.3, -0.25) is 4.79 Å². The molecule has 1 heterocycles. The van der Waals surface area contributed by atoms with E-state index in [0.717, 1.165) is 11.3 Å². The monoisotopic (exact) mass is 250 g/mol. The topological polar surface area (TPSA) is 63.0 Å². The average molecular weight is 250 g/mol. The van der Waals surface area contributed by atoms with E-state index < -0.39 is 0 Å². The van der Waals surface area contributed by atoms with Gasteiger partial charge in [-0.2, -0.15) is 17.0 Å². The van der Waals surface area contributed by atoms with Gasteiger partial charge in [0.05, 0.1) is 13.0 Å². The number of hydrogen-bond donors (Lipinski definition) is 0. The molecule has 0 aromatic carbocycles. The van der Waals surface area contributed by atoms with Gasteiger partial charge in [0.15, 0.2) is 0 Å². The number of pyridine rings is 1. The van der Waals surface area contributed by atoms with E-state index in [1.165, 1.54) is 7.11 Å². The fourth-order valence-electron chi connectivity index (χ4n) is 1.25. The van der Waals surface area contributed by atoms with Crippen molar-refractivity contribution in [2.45, 2.75) is 12.7 Å². The van der Waals surface area contributed by atoms with Crippen molar-refractivity contribution in [2.24, 2.45) is 5.92 Å². The molecule has 0 aliphatic carbocycles. The fraction of sp³-hybridized carbons (Fsp3) is 0.417. The van der Waals surface area contributed by atoms with E-state index >= 15 is 0 Å². The van der Waals surface area contributed by atoms with E-state index in [9.17, 15) is 4.79 Å². The van der Waals surface area contributed by atoms with E-state index in [1.807, 2.05) is 19.1 Å². The molecule has 0 saturated heterocycles. The second-order valence-corrected chi connectivity index (χ2v) is 4.63. The highest BCUT2D eigenvalue weighted by molar-refractivity contribution is 7.98. The Labute approximate surface area is 105 Å². The molecule has 0 radical (unpaired) electrons. The maximum absolute atomic E-state index is 11.2. The number of hydrogen-bond acceptors (Lipinski definition) is 5. The summed E-state index contributed by atoms with van der Waals surface area (Å²) in [6.07, 6.45) is 1.62. The smallest absolute Gasteiger partial charge is 0.309 e. The van der Waals surface area contributed by atoms with E-state index in [2.05, 4.69) is 9.72 Å². The lowest BCUT2D eigenvalue weighted by molar-refractivity contribution is -0.143. The summed E-state index contributed by atoms with van der Waals surface area (Å²) in [6, 6.07) is 5.63. The van der Waals surface area contributed by atoms with Gasteiger partial charge in [0.25, 0.3) is 0 Å². The Bertz CT molecular complexity index is 429. The quantitative estimate of drug-likeness (QED) is 0.748. The average Bonchev–Trinajstić information content (AvgIpc) is 2.37. The fourth-order valence-corrected chi connectivity index (χ4v) is 2.27. The largest absolute Gasteiger partial charge is 0.469 e. The molecule has 1 rings (SSSR count). The minimum atomic E-state index is -0.190. The summed E-state index contributed by atoms with van der Waals surface area (Å²) in [5, 5.41) is 8.70. The summed E-state index contributed by atoms with van der Waals surface area (Å²) in [5.41, 5.74) is 1.46.